The predicted molar refractivity (Wildman–Crippen MR) is 80.1 cm³/mol. The van der Waals surface area contributed by atoms with E-state index in [1.807, 2.05) is 36.6 Å². The van der Waals surface area contributed by atoms with E-state index >= 15 is 0 Å². The molecule has 0 N–H and O–H groups in total. The molecule has 0 unspecified atom stereocenters. The van der Waals surface area contributed by atoms with Crippen molar-refractivity contribution < 1.29 is 13.9 Å². The maximum atomic E-state index is 11.9. The van der Waals surface area contributed by atoms with Crippen molar-refractivity contribution in [2.75, 3.05) is 0 Å². The van der Waals surface area contributed by atoms with E-state index in [2.05, 4.69) is 4.98 Å². The van der Waals surface area contributed by atoms with Gasteiger partial charge in [0.05, 0.1) is 10.4 Å². The van der Waals surface area contributed by atoms with Crippen molar-refractivity contribution in [3.05, 3.63) is 64.9 Å². The van der Waals surface area contributed by atoms with Gasteiger partial charge in [-0.3, -0.25) is 0 Å². The van der Waals surface area contributed by atoms with Gasteiger partial charge in [0.1, 0.15) is 18.6 Å². The highest BCUT2D eigenvalue weighted by atomic mass is 32.1. The molecule has 5 heteroatoms. The van der Waals surface area contributed by atoms with Gasteiger partial charge in [-0.15, -0.1) is 11.3 Å². The quantitative estimate of drug-likeness (QED) is 0.681. The van der Waals surface area contributed by atoms with Gasteiger partial charge >= 0.3 is 5.97 Å². The highest BCUT2D eigenvalue weighted by molar-refractivity contribution is 7.13. The van der Waals surface area contributed by atoms with E-state index in [1.165, 1.54) is 6.26 Å². The van der Waals surface area contributed by atoms with E-state index in [9.17, 15) is 4.79 Å². The molecule has 0 spiro atoms. The van der Waals surface area contributed by atoms with E-state index in [0.29, 0.717) is 17.1 Å². The second kappa shape index (κ2) is 5.93. The number of oxazole rings is 1. The van der Waals surface area contributed by atoms with Crippen molar-refractivity contribution in [1.82, 2.24) is 4.98 Å². The normalized spacial score (nSPS) is 10.5. The Bertz CT molecular complexity index is 746. The Morgan fingerprint density at radius 1 is 1.33 bits per heavy atom. The lowest BCUT2D eigenvalue weighted by Crippen LogP contribution is -2.05. The Balaban J connectivity index is 1.64. The molecule has 0 aliphatic rings. The largest absolute Gasteiger partial charge is 0.455 e. The summed E-state index contributed by atoms with van der Waals surface area (Å²) in [6, 6.07) is 11.1. The van der Waals surface area contributed by atoms with E-state index < -0.39 is 0 Å². The summed E-state index contributed by atoms with van der Waals surface area (Å²) in [6.45, 7) is 2.03. The Morgan fingerprint density at radius 2 is 2.24 bits per heavy atom. The number of hydrogen-bond acceptors (Lipinski definition) is 5. The first-order chi connectivity index (χ1) is 10.2. The third-order valence-corrected chi connectivity index (χ3v) is 3.75. The molecule has 0 radical (unpaired) electrons. The number of rotatable bonds is 4. The number of ether oxygens (including phenoxy) is 1. The van der Waals surface area contributed by atoms with Crippen molar-refractivity contribution in [2.45, 2.75) is 13.5 Å². The van der Waals surface area contributed by atoms with Crippen LogP contribution in [0.1, 0.15) is 21.6 Å². The first kappa shape index (κ1) is 13.6. The molecule has 0 aliphatic carbocycles. The maximum absolute atomic E-state index is 11.9. The zero-order valence-electron chi connectivity index (χ0n) is 11.4. The number of esters is 1. The second-order valence-electron chi connectivity index (χ2n) is 4.57. The number of aromatic nitrogens is 1. The summed E-state index contributed by atoms with van der Waals surface area (Å²) in [5, 5.41) is 1.96. The van der Waals surface area contributed by atoms with Crippen molar-refractivity contribution in [3.8, 4) is 10.8 Å². The Hall–Kier alpha value is -2.40. The standard InChI is InChI=1S/C16H13NO3S/c1-11-4-2-5-12(8-11)16(18)20-10-13-9-19-15(17-13)14-6-3-7-21-14/h2-9H,10H2,1H3. The number of thiophene rings is 1. The Labute approximate surface area is 126 Å². The van der Waals surface area contributed by atoms with Gasteiger partial charge in [0.15, 0.2) is 0 Å². The predicted octanol–water partition coefficient (Wildman–Crippen LogP) is 4.07. The van der Waals surface area contributed by atoms with Crippen LogP contribution in [0, 0.1) is 6.92 Å². The van der Waals surface area contributed by atoms with Crippen LogP contribution in [0.25, 0.3) is 10.8 Å². The van der Waals surface area contributed by atoms with Gasteiger partial charge in [-0.1, -0.05) is 23.8 Å². The van der Waals surface area contributed by atoms with Crippen LogP contribution in [0.2, 0.25) is 0 Å². The molecule has 2 aromatic heterocycles. The number of carbonyl (C=O) groups is 1. The molecular formula is C16H13NO3S. The van der Waals surface area contributed by atoms with Crippen molar-refractivity contribution in [1.29, 1.82) is 0 Å². The Kier molecular flexibility index (Phi) is 3.83. The van der Waals surface area contributed by atoms with Crippen LogP contribution in [0.15, 0.2) is 52.5 Å². The summed E-state index contributed by atoms with van der Waals surface area (Å²) >= 11 is 1.55. The second-order valence-corrected chi connectivity index (χ2v) is 5.51. The van der Waals surface area contributed by atoms with Crippen LogP contribution in [0.4, 0.5) is 0 Å². The van der Waals surface area contributed by atoms with Crippen LogP contribution in [-0.4, -0.2) is 11.0 Å². The summed E-state index contributed by atoms with van der Waals surface area (Å²) in [7, 11) is 0. The van der Waals surface area contributed by atoms with E-state index in [-0.39, 0.29) is 12.6 Å². The number of carbonyl (C=O) groups excluding carboxylic acids is 1. The molecule has 0 amide bonds. The number of hydrogen-bond donors (Lipinski definition) is 0. The molecule has 4 nitrogen and oxygen atoms in total. The molecule has 0 fully saturated rings. The molecule has 2 heterocycles. The highest BCUT2D eigenvalue weighted by Gasteiger charge is 2.11. The van der Waals surface area contributed by atoms with Gasteiger partial charge in [-0.2, -0.15) is 0 Å². The molecule has 1 aromatic carbocycles. The topological polar surface area (TPSA) is 52.3 Å². The van der Waals surface area contributed by atoms with Gasteiger partial charge in [0, 0.05) is 0 Å². The molecule has 0 atom stereocenters. The first-order valence-corrected chi connectivity index (χ1v) is 7.32. The van der Waals surface area contributed by atoms with Crippen LogP contribution < -0.4 is 0 Å². The van der Waals surface area contributed by atoms with Crippen LogP contribution in [0.3, 0.4) is 0 Å². The fraction of sp³-hybridized carbons (Fsp3) is 0.125. The van der Waals surface area contributed by atoms with Crippen molar-refractivity contribution in [3.63, 3.8) is 0 Å². The molecule has 21 heavy (non-hydrogen) atoms. The van der Waals surface area contributed by atoms with Crippen LogP contribution in [0.5, 0.6) is 0 Å². The van der Waals surface area contributed by atoms with Crippen molar-refractivity contribution in [2.24, 2.45) is 0 Å². The third kappa shape index (κ3) is 3.20. The molecular weight excluding hydrogens is 286 g/mol. The molecule has 3 rings (SSSR count). The highest BCUT2D eigenvalue weighted by Crippen LogP contribution is 2.23. The smallest absolute Gasteiger partial charge is 0.338 e. The number of nitrogens with zero attached hydrogens (tertiary/aromatic N) is 1. The lowest BCUT2D eigenvalue weighted by molar-refractivity contribution is 0.0467. The zero-order chi connectivity index (χ0) is 14.7. The summed E-state index contributed by atoms with van der Waals surface area (Å²) in [4.78, 5) is 17.2. The fourth-order valence-electron chi connectivity index (χ4n) is 1.88. The zero-order valence-corrected chi connectivity index (χ0v) is 12.2. The SMILES string of the molecule is Cc1cccc(C(=O)OCc2coc(-c3cccs3)n2)c1. The summed E-state index contributed by atoms with van der Waals surface area (Å²) in [5.74, 6) is 0.186. The minimum atomic E-state index is -0.362. The van der Waals surface area contributed by atoms with Gasteiger partial charge in [-0.05, 0) is 30.5 Å². The average Bonchev–Trinajstić information content (AvgIpc) is 3.15. The minimum Gasteiger partial charge on any atom is -0.455 e. The monoisotopic (exact) mass is 299 g/mol. The minimum absolute atomic E-state index is 0.0989. The maximum Gasteiger partial charge on any atom is 0.338 e. The lowest BCUT2D eigenvalue weighted by Gasteiger charge is -2.03. The van der Waals surface area contributed by atoms with E-state index in [4.69, 9.17) is 9.15 Å². The molecule has 0 saturated carbocycles. The van der Waals surface area contributed by atoms with Gasteiger partial charge in [0.25, 0.3) is 0 Å². The molecule has 3 aromatic rings. The van der Waals surface area contributed by atoms with Crippen LogP contribution >= 0.6 is 11.3 Å². The number of aryl methyl sites for hydroxylation is 1. The molecule has 106 valence electrons. The van der Waals surface area contributed by atoms with Gasteiger partial charge < -0.3 is 9.15 Å². The Morgan fingerprint density at radius 3 is 3.00 bits per heavy atom. The summed E-state index contributed by atoms with van der Waals surface area (Å²) in [6.07, 6.45) is 1.51. The van der Waals surface area contributed by atoms with E-state index in [1.54, 1.807) is 23.5 Å². The van der Waals surface area contributed by atoms with E-state index in [0.717, 1.165) is 10.4 Å². The summed E-state index contributed by atoms with van der Waals surface area (Å²) in [5.41, 5.74) is 2.15. The van der Waals surface area contributed by atoms with Crippen molar-refractivity contribution >= 4 is 17.3 Å². The average molecular weight is 299 g/mol. The third-order valence-electron chi connectivity index (χ3n) is 2.89. The molecule has 0 bridgehead atoms. The fourth-order valence-corrected chi connectivity index (χ4v) is 2.54. The lowest BCUT2D eigenvalue weighted by atomic mass is 10.1. The first-order valence-electron chi connectivity index (χ1n) is 6.44. The number of benzene rings is 1. The van der Waals surface area contributed by atoms with Gasteiger partial charge in [0.2, 0.25) is 5.89 Å². The summed E-state index contributed by atoms with van der Waals surface area (Å²) < 4.78 is 10.6. The molecule has 0 aliphatic heterocycles. The van der Waals surface area contributed by atoms with Crippen LogP contribution in [-0.2, 0) is 11.3 Å². The van der Waals surface area contributed by atoms with Gasteiger partial charge in [-0.25, -0.2) is 9.78 Å². The molecule has 0 saturated heterocycles.